The highest BCUT2D eigenvalue weighted by atomic mass is 35.5. The van der Waals surface area contributed by atoms with Crippen molar-refractivity contribution in [3.63, 3.8) is 0 Å². The van der Waals surface area contributed by atoms with Crippen LogP contribution in [0.15, 0.2) is 109 Å². The van der Waals surface area contributed by atoms with Gasteiger partial charge in [0.25, 0.3) is 11.8 Å². The lowest BCUT2D eigenvalue weighted by atomic mass is 10.1. The van der Waals surface area contributed by atoms with Crippen LogP contribution in [-0.4, -0.2) is 71.6 Å². The molecule has 0 aliphatic carbocycles. The van der Waals surface area contributed by atoms with E-state index >= 15 is 0 Å². The average molecular weight is 766 g/mol. The summed E-state index contributed by atoms with van der Waals surface area (Å²) >= 11 is 12.1. The highest BCUT2D eigenvalue weighted by Gasteiger charge is 2.18. The highest BCUT2D eigenvalue weighted by Crippen LogP contribution is 2.27. The quantitative estimate of drug-likeness (QED) is 0.0944. The second-order valence-corrected chi connectivity index (χ2v) is 13.4. The first-order valence-electron chi connectivity index (χ1n) is 17.5. The van der Waals surface area contributed by atoms with Gasteiger partial charge in [-0.15, -0.1) is 0 Å². The number of anilines is 2. The first kappa shape index (κ1) is 37.0. The van der Waals surface area contributed by atoms with E-state index in [1.54, 1.807) is 30.3 Å². The Kier molecular flexibility index (Phi) is 12.1. The van der Waals surface area contributed by atoms with Gasteiger partial charge in [0.2, 0.25) is 0 Å². The normalized spacial score (nSPS) is 16.9. The number of rotatable bonds is 8. The lowest BCUT2D eigenvalue weighted by molar-refractivity contribution is 0.0276. The van der Waals surface area contributed by atoms with E-state index < -0.39 is 0 Å². The molecular formula is C40H38Cl2N8O4. The molecule has 4 aromatic carbocycles. The standard InChI is InChI=1S/2C20H19ClN4O2/c21-15-5-1-13(2-6-15)17-11-18(25-24-17)20(26)23-16-7-3-14(4-8-16)19-12-22-9-10-27-19;21-16-4-2-1-3-15(16)17-11-18(25-24-17)20(26)23-14-7-5-13(6-8-14)19-12-22-9-10-27-19/h2*1-8,11,19,22H,9-10,12H2,(H,23,26)(H,24,25)/t2*19-/m00/s1. The van der Waals surface area contributed by atoms with Gasteiger partial charge in [0.15, 0.2) is 0 Å². The van der Waals surface area contributed by atoms with Gasteiger partial charge >= 0.3 is 0 Å². The largest absolute Gasteiger partial charge is 0.371 e. The van der Waals surface area contributed by atoms with Gasteiger partial charge in [-0.25, -0.2) is 0 Å². The number of aromatic nitrogens is 4. The smallest absolute Gasteiger partial charge is 0.273 e. The molecule has 0 unspecified atom stereocenters. The van der Waals surface area contributed by atoms with Crippen molar-refractivity contribution in [1.29, 1.82) is 0 Å². The molecule has 2 aromatic heterocycles. The molecule has 2 fully saturated rings. The molecule has 4 heterocycles. The van der Waals surface area contributed by atoms with Crippen molar-refractivity contribution in [3.8, 4) is 22.5 Å². The molecule has 54 heavy (non-hydrogen) atoms. The fourth-order valence-electron chi connectivity index (χ4n) is 5.97. The van der Waals surface area contributed by atoms with Gasteiger partial charge in [-0.2, -0.15) is 10.2 Å². The van der Waals surface area contributed by atoms with E-state index in [9.17, 15) is 9.59 Å². The number of nitrogens with one attached hydrogen (secondary N) is 6. The van der Waals surface area contributed by atoms with Crippen LogP contribution in [-0.2, 0) is 9.47 Å². The Bertz CT molecular complexity index is 2160. The van der Waals surface area contributed by atoms with Gasteiger partial charge in [0, 0.05) is 53.7 Å². The van der Waals surface area contributed by atoms with Crippen LogP contribution in [0.2, 0.25) is 10.0 Å². The fourth-order valence-corrected chi connectivity index (χ4v) is 6.33. The molecule has 0 radical (unpaired) electrons. The number of nitrogens with zero attached hydrogens (tertiary/aromatic N) is 2. The molecule has 2 aliphatic rings. The molecule has 2 amide bonds. The number of ether oxygens (including phenoxy) is 2. The summed E-state index contributed by atoms with van der Waals surface area (Å²) in [6.07, 6.45) is 0.104. The predicted octanol–water partition coefficient (Wildman–Crippen LogP) is 7.29. The fraction of sp³-hybridized carbons (Fsp3) is 0.200. The number of morpholine rings is 2. The first-order chi connectivity index (χ1) is 26.4. The van der Waals surface area contributed by atoms with Crippen LogP contribution in [0.25, 0.3) is 22.5 Å². The third-order valence-corrected chi connectivity index (χ3v) is 9.45. The zero-order valence-corrected chi connectivity index (χ0v) is 30.6. The minimum Gasteiger partial charge on any atom is -0.371 e. The van der Waals surface area contributed by atoms with Gasteiger partial charge in [-0.3, -0.25) is 19.8 Å². The number of hydrogen-bond acceptors (Lipinski definition) is 8. The van der Waals surface area contributed by atoms with E-state index in [4.69, 9.17) is 32.7 Å². The number of H-pyrrole nitrogens is 2. The maximum Gasteiger partial charge on any atom is 0.273 e. The summed E-state index contributed by atoms with van der Waals surface area (Å²) in [4.78, 5) is 24.9. The molecule has 2 aliphatic heterocycles. The second-order valence-electron chi connectivity index (χ2n) is 12.6. The van der Waals surface area contributed by atoms with Crippen LogP contribution in [0.4, 0.5) is 11.4 Å². The van der Waals surface area contributed by atoms with Crippen molar-refractivity contribution < 1.29 is 19.1 Å². The summed E-state index contributed by atoms with van der Waals surface area (Å²) in [5.41, 5.74) is 7.35. The second kappa shape index (κ2) is 17.7. The third kappa shape index (κ3) is 9.41. The van der Waals surface area contributed by atoms with E-state index in [0.29, 0.717) is 51.7 Å². The monoisotopic (exact) mass is 764 g/mol. The molecule has 0 spiro atoms. The van der Waals surface area contributed by atoms with Gasteiger partial charge < -0.3 is 30.7 Å². The van der Waals surface area contributed by atoms with Crippen molar-refractivity contribution in [2.24, 2.45) is 0 Å². The topological polar surface area (TPSA) is 158 Å². The summed E-state index contributed by atoms with van der Waals surface area (Å²) in [7, 11) is 0. The molecule has 2 saturated heterocycles. The predicted molar refractivity (Wildman–Crippen MR) is 210 cm³/mol. The van der Waals surface area contributed by atoms with Crippen LogP contribution >= 0.6 is 23.2 Å². The van der Waals surface area contributed by atoms with Gasteiger partial charge in [0.1, 0.15) is 11.4 Å². The lowest BCUT2D eigenvalue weighted by Gasteiger charge is -2.24. The maximum absolute atomic E-state index is 12.5. The van der Waals surface area contributed by atoms with Crippen molar-refractivity contribution in [2.75, 3.05) is 50.0 Å². The van der Waals surface area contributed by atoms with E-state index in [2.05, 4.69) is 41.7 Å². The minimum atomic E-state index is -0.260. The maximum atomic E-state index is 12.5. The summed E-state index contributed by atoms with van der Waals surface area (Å²) in [5.74, 6) is -0.504. The zero-order valence-electron chi connectivity index (χ0n) is 29.1. The Morgan fingerprint density at radius 1 is 0.630 bits per heavy atom. The Hall–Kier alpha value is -5.34. The summed E-state index contributed by atoms with van der Waals surface area (Å²) < 4.78 is 11.5. The van der Waals surface area contributed by atoms with Crippen molar-refractivity contribution in [2.45, 2.75) is 12.2 Å². The third-order valence-electron chi connectivity index (χ3n) is 8.87. The molecule has 8 rings (SSSR count). The molecule has 12 nitrogen and oxygen atoms in total. The zero-order chi connectivity index (χ0) is 37.3. The van der Waals surface area contributed by atoms with Gasteiger partial charge in [0.05, 0.1) is 41.8 Å². The van der Waals surface area contributed by atoms with Crippen molar-refractivity contribution in [1.82, 2.24) is 31.0 Å². The Labute approximate surface area is 322 Å². The molecule has 0 bridgehead atoms. The molecular weight excluding hydrogens is 727 g/mol. The highest BCUT2D eigenvalue weighted by molar-refractivity contribution is 6.33. The van der Waals surface area contributed by atoms with Crippen molar-refractivity contribution >= 4 is 46.4 Å². The number of carbonyl (C=O) groups excluding carboxylic acids is 2. The number of hydrogen-bond donors (Lipinski definition) is 6. The SMILES string of the molecule is O=C(Nc1ccc([C@@H]2CNCCO2)cc1)c1cc(-c2ccc(Cl)cc2)n[nH]1.O=C(Nc1ccc([C@@H]2CNCCO2)cc1)c1cc(-c2ccccc2Cl)n[nH]1. The van der Waals surface area contributed by atoms with Crippen LogP contribution in [0.1, 0.15) is 44.3 Å². The molecule has 0 saturated carbocycles. The first-order valence-corrected chi connectivity index (χ1v) is 18.2. The number of amides is 2. The summed E-state index contributed by atoms with van der Waals surface area (Å²) in [6.45, 7) is 4.77. The Morgan fingerprint density at radius 2 is 1.13 bits per heavy atom. The Morgan fingerprint density at radius 3 is 1.63 bits per heavy atom. The number of aromatic amines is 2. The van der Waals surface area contributed by atoms with Gasteiger partial charge in [-0.1, -0.05) is 77.8 Å². The van der Waals surface area contributed by atoms with Crippen LogP contribution in [0.3, 0.4) is 0 Å². The number of benzene rings is 4. The Balaban J connectivity index is 0.000000167. The molecule has 14 heteroatoms. The molecule has 2 atom stereocenters. The molecule has 6 aromatic rings. The van der Waals surface area contributed by atoms with E-state index in [1.165, 1.54) is 0 Å². The van der Waals surface area contributed by atoms with Gasteiger partial charge in [-0.05, 0) is 65.7 Å². The van der Waals surface area contributed by atoms with E-state index in [1.807, 2.05) is 78.9 Å². The van der Waals surface area contributed by atoms with E-state index in [-0.39, 0.29) is 24.0 Å². The molecule has 6 N–H and O–H groups in total. The average Bonchev–Trinajstić information content (AvgIpc) is 3.92. The van der Waals surface area contributed by atoms with Crippen LogP contribution in [0.5, 0.6) is 0 Å². The van der Waals surface area contributed by atoms with E-state index in [0.717, 1.165) is 54.1 Å². The number of carbonyl (C=O) groups is 2. The van der Waals surface area contributed by atoms with Crippen LogP contribution in [0, 0.1) is 0 Å². The van der Waals surface area contributed by atoms with Crippen molar-refractivity contribution in [3.05, 3.63) is 142 Å². The summed E-state index contributed by atoms with van der Waals surface area (Å²) in [6, 6.07) is 33.5. The minimum absolute atomic E-state index is 0.0503. The summed E-state index contributed by atoms with van der Waals surface area (Å²) in [5, 5.41) is 27.5. The lowest BCUT2D eigenvalue weighted by Crippen LogP contribution is -2.33. The molecule has 276 valence electrons. The van der Waals surface area contributed by atoms with Crippen LogP contribution < -0.4 is 21.3 Å². The number of halogens is 2.